The molecule has 5 amide bonds. The third-order valence-corrected chi connectivity index (χ3v) is 13.3. The quantitative estimate of drug-likeness (QED) is 0.0354. The number of carbonyl (C=O) groups excluding carboxylic acids is 5. The number of aromatic amines is 1. The number of carboxylic acid groups (broad SMARTS) is 6. The molecule has 2 aliphatic heterocycles. The number of amides is 5. The van der Waals surface area contributed by atoms with Crippen LogP contribution in [0.1, 0.15) is 65.8 Å². The number of aromatic nitrogens is 2. The Balaban J connectivity index is 1.26. The fourth-order valence-corrected chi connectivity index (χ4v) is 9.18. The molecule has 3 aromatic rings. The average molecular weight is 1140 g/mol. The molecule has 0 saturated carbocycles. The van der Waals surface area contributed by atoms with E-state index in [0.717, 1.165) is 5.56 Å². The molecular weight excluding hydrogens is 1060 g/mol. The molecule has 2 aliphatic rings. The van der Waals surface area contributed by atoms with Crippen LogP contribution in [-0.2, 0) is 67.6 Å². The number of nitrogens with zero attached hydrogens (tertiary/aromatic N) is 7. The number of nitrogens with one attached hydrogen (secondary N) is 5. The fraction of sp³-hybridized carbons (Fsp3) is 0.500. The zero-order valence-corrected chi connectivity index (χ0v) is 44.6. The number of rotatable bonds is 29. The van der Waals surface area contributed by atoms with Crippen molar-refractivity contribution in [2.24, 2.45) is 0 Å². The number of hydrogen-bond donors (Lipinski definition) is 11. The molecule has 1 fully saturated rings. The van der Waals surface area contributed by atoms with Crippen LogP contribution in [-0.4, -0.2) is 245 Å². The maximum atomic E-state index is 14.2. The van der Waals surface area contributed by atoms with Crippen molar-refractivity contribution in [3.63, 3.8) is 0 Å². The summed E-state index contributed by atoms with van der Waals surface area (Å²) in [6.45, 7) is -0.788. The highest BCUT2D eigenvalue weighted by Gasteiger charge is 2.33. The molecule has 3 heterocycles. The van der Waals surface area contributed by atoms with Gasteiger partial charge in [0.05, 0.1) is 39.1 Å². The summed E-state index contributed by atoms with van der Waals surface area (Å²) < 4.78 is 0. The van der Waals surface area contributed by atoms with Gasteiger partial charge in [-0.1, -0.05) is 30.3 Å². The van der Waals surface area contributed by atoms with Crippen molar-refractivity contribution in [2.45, 2.75) is 76.3 Å². The van der Waals surface area contributed by atoms with Gasteiger partial charge in [-0.15, -0.1) is 0 Å². The van der Waals surface area contributed by atoms with Gasteiger partial charge in [0.1, 0.15) is 23.9 Å². The van der Waals surface area contributed by atoms with Crippen LogP contribution >= 0.6 is 0 Å². The minimum atomic E-state index is -1.57. The number of imidazole rings is 1. The fourth-order valence-electron chi connectivity index (χ4n) is 9.18. The zero-order valence-electron chi connectivity index (χ0n) is 44.6. The summed E-state index contributed by atoms with van der Waals surface area (Å²) in [4.78, 5) is 156. The molecule has 5 rings (SSSR count). The molecule has 440 valence electrons. The van der Waals surface area contributed by atoms with Gasteiger partial charge in [-0.2, -0.15) is 0 Å². The number of fused-ring (bicyclic) bond motifs is 1. The summed E-state index contributed by atoms with van der Waals surface area (Å²) in [5, 5.41) is 68.0. The lowest BCUT2D eigenvalue weighted by Gasteiger charge is -2.33. The third-order valence-electron chi connectivity index (χ3n) is 13.3. The van der Waals surface area contributed by atoms with E-state index in [1.807, 2.05) is 30.3 Å². The Morgan fingerprint density at radius 1 is 0.642 bits per heavy atom. The van der Waals surface area contributed by atoms with Gasteiger partial charge in [0.2, 0.25) is 23.6 Å². The molecule has 29 heteroatoms. The zero-order chi connectivity index (χ0) is 59.0. The molecular formula is C52H70N12O17. The van der Waals surface area contributed by atoms with Crippen LogP contribution in [0.5, 0.6) is 0 Å². The number of carbonyl (C=O) groups is 11. The van der Waals surface area contributed by atoms with Crippen LogP contribution in [0.4, 0.5) is 5.69 Å². The van der Waals surface area contributed by atoms with Gasteiger partial charge in [-0.3, -0.25) is 72.3 Å². The second kappa shape index (κ2) is 31.9. The first kappa shape index (κ1) is 63.3. The lowest BCUT2D eigenvalue weighted by Crippen LogP contribution is -2.55. The number of benzene rings is 2. The number of aliphatic carboxylic acids is 6. The molecule has 29 nitrogen and oxygen atoms in total. The first-order valence-corrected chi connectivity index (χ1v) is 26.2. The van der Waals surface area contributed by atoms with Crippen molar-refractivity contribution in [3.05, 3.63) is 83.4 Å². The van der Waals surface area contributed by atoms with Crippen LogP contribution in [0.2, 0.25) is 0 Å². The summed E-state index contributed by atoms with van der Waals surface area (Å²) in [7, 11) is 0. The predicted molar refractivity (Wildman–Crippen MR) is 284 cm³/mol. The first-order chi connectivity index (χ1) is 38.6. The molecule has 0 radical (unpaired) electrons. The van der Waals surface area contributed by atoms with Crippen LogP contribution in [0.15, 0.2) is 60.9 Å². The van der Waals surface area contributed by atoms with Crippen molar-refractivity contribution in [1.82, 2.24) is 55.3 Å². The predicted octanol–water partition coefficient (Wildman–Crippen LogP) is -1.47. The molecule has 0 aliphatic carbocycles. The molecule has 11 N–H and O–H groups in total. The van der Waals surface area contributed by atoms with E-state index in [4.69, 9.17) is 0 Å². The van der Waals surface area contributed by atoms with Crippen LogP contribution in [0, 0.1) is 0 Å². The van der Waals surface area contributed by atoms with Gasteiger partial charge in [-0.25, -0.2) is 4.98 Å². The van der Waals surface area contributed by atoms with E-state index in [2.05, 4.69) is 31.2 Å². The molecule has 3 atom stereocenters. The second-order valence-electron chi connectivity index (χ2n) is 19.6. The Morgan fingerprint density at radius 3 is 1.69 bits per heavy atom. The maximum absolute atomic E-state index is 14.2. The highest BCUT2D eigenvalue weighted by Crippen LogP contribution is 2.27. The molecule has 81 heavy (non-hydrogen) atoms. The van der Waals surface area contributed by atoms with Gasteiger partial charge in [-0.05, 0) is 48.6 Å². The molecule has 0 bridgehead atoms. The monoisotopic (exact) mass is 1130 g/mol. The van der Waals surface area contributed by atoms with Gasteiger partial charge in [0.25, 0.3) is 5.91 Å². The van der Waals surface area contributed by atoms with E-state index < -0.39 is 129 Å². The van der Waals surface area contributed by atoms with E-state index >= 15 is 0 Å². The topological polar surface area (TPSA) is 405 Å². The second-order valence-corrected chi connectivity index (χ2v) is 19.6. The number of hydrogen-bond acceptors (Lipinski definition) is 17. The highest BCUT2D eigenvalue weighted by molar-refractivity contribution is 5.96. The van der Waals surface area contributed by atoms with E-state index in [0.29, 0.717) is 17.1 Å². The number of H-pyrrole nitrogens is 1. The summed E-state index contributed by atoms with van der Waals surface area (Å²) >= 11 is 0. The van der Waals surface area contributed by atoms with Gasteiger partial charge in [0.15, 0.2) is 0 Å². The number of carboxylic acids is 6. The van der Waals surface area contributed by atoms with Crippen molar-refractivity contribution in [2.75, 3.05) is 96.9 Å². The van der Waals surface area contributed by atoms with E-state index in [1.54, 1.807) is 55.1 Å². The summed E-state index contributed by atoms with van der Waals surface area (Å²) in [5.41, 5.74) is 2.07. The van der Waals surface area contributed by atoms with Crippen molar-refractivity contribution < 1.29 is 83.4 Å². The minimum Gasteiger partial charge on any atom is -0.481 e. The standard InChI is InChI=1S/C52H70N12O17/c65-42(30-59-17-19-60(31-46(72)73)21-23-62(33-48(76)77)24-22-61(20-18-59)32-47(74)75)57-39(10-12-44(68)69)50(79)58-38(9-11-43(66)67)49(78)55-13-4-16-63-28-36-25-35(7-8-37(36)56-40(52(63)81)26-45(70)71)51(80)64(29-41-53-14-15-54-41)27-34-5-2-1-3-6-34/h1-3,5-8,14-15,25,38-40,56H,4,9-13,16-24,26-33H2,(H,53,54)(H,55,78)(H,57,65)(H,58,79)(H,66,67)(H,68,69)(H,70,71)(H,72,73)(H,74,75)(H,76,77)/t38-,39-,40?/m0/s1. The van der Waals surface area contributed by atoms with Gasteiger partial charge < -0.3 is 66.7 Å². The largest absolute Gasteiger partial charge is 0.481 e. The van der Waals surface area contributed by atoms with Crippen LogP contribution in [0.3, 0.4) is 0 Å². The Hall–Kier alpha value is -8.54. The summed E-state index contributed by atoms with van der Waals surface area (Å²) in [6, 6.07) is 9.82. The molecule has 1 aromatic heterocycles. The van der Waals surface area contributed by atoms with E-state index in [-0.39, 0.29) is 110 Å². The lowest BCUT2D eigenvalue weighted by molar-refractivity contribution is -0.141. The molecule has 1 unspecified atom stereocenters. The Kier molecular flexibility index (Phi) is 24.9. The number of anilines is 1. The third kappa shape index (κ3) is 22.3. The maximum Gasteiger partial charge on any atom is 0.317 e. The smallest absolute Gasteiger partial charge is 0.317 e. The lowest BCUT2D eigenvalue weighted by atomic mass is 10.1. The molecule has 0 spiro atoms. The molecule has 2 aromatic carbocycles. The summed E-state index contributed by atoms with van der Waals surface area (Å²) in [5.74, 6) is -10.4. The van der Waals surface area contributed by atoms with Crippen molar-refractivity contribution in [1.29, 1.82) is 0 Å². The summed E-state index contributed by atoms with van der Waals surface area (Å²) in [6.07, 6.45) is 0.551. The molecule has 1 saturated heterocycles. The van der Waals surface area contributed by atoms with Crippen molar-refractivity contribution in [3.8, 4) is 0 Å². The normalized spacial score (nSPS) is 16.6. The first-order valence-electron chi connectivity index (χ1n) is 26.2. The average Bonchev–Trinajstić information content (AvgIpc) is 3.89. The van der Waals surface area contributed by atoms with E-state index in [9.17, 15) is 83.4 Å². The van der Waals surface area contributed by atoms with E-state index in [1.165, 1.54) is 4.90 Å². The van der Waals surface area contributed by atoms with Gasteiger partial charge >= 0.3 is 35.8 Å². The Labute approximate surface area is 465 Å². The highest BCUT2D eigenvalue weighted by atomic mass is 16.4. The van der Waals surface area contributed by atoms with Crippen LogP contribution in [0.25, 0.3) is 0 Å². The minimum absolute atomic E-state index is 0.0415. The SMILES string of the molecule is O=C(O)CC[C@H](NC(=O)CN1CCN(CC(=O)O)CCN(CC(=O)O)CCN(CC(=O)O)CC1)C(=O)N[C@@H](CCC(=O)O)C(=O)NCCCN1Cc2cc(C(=O)N(Cc3ccccc3)Cc3ncc[nH]3)ccc2NC(CC(=O)O)C1=O. The van der Waals surface area contributed by atoms with Crippen molar-refractivity contribution >= 4 is 71.0 Å². The Morgan fingerprint density at radius 2 is 1.19 bits per heavy atom. The Bertz CT molecular complexity index is 2650. The van der Waals surface area contributed by atoms with Gasteiger partial charge in [0, 0.05) is 115 Å². The van der Waals surface area contributed by atoms with Crippen LogP contribution < -0.4 is 21.3 Å².